The minimum atomic E-state index is 0.194. The van der Waals surface area contributed by atoms with Crippen LogP contribution in [0.15, 0.2) is 106 Å². The van der Waals surface area contributed by atoms with Gasteiger partial charge in [-0.25, -0.2) is 0 Å². The summed E-state index contributed by atoms with van der Waals surface area (Å²) in [5.41, 5.74) is 0. The molecule has 3 aromatic rings. The average molecular weight is 708 g/mol. The van der Waals surface area contributed by atoms with Gasteiger partial charge in [0.05, 0.1) is 0 Å². The monoisotopic (exact) mass is 705 g/mol. The Balaban J connectivity index is -0.000000307. The van der Waals surface area contributed by atoms with Gasteiger partial charge in [0.25, 0.3) is 0 Å². The van der Waals surface area contributed by atoms with Crippen LogP contribution < -0.4 is 0 Å². The van der Waals surface area contributed by atoms with E-state index in [0.717, 1.165) is 14.7 Å². The van der Waals surface area contributed by atoms with Crippen molar-refractivity contribution in [1.29, 1.82) is 0 Å². The largest absolute Gasteiger partial charge is 0.780 e. The summed E-state index contributed by atoms with van der Waals surface area (Å²) in [5.74, 6) is 0. The average Bonchev–Trinajstić information content (AvgIpc) is 2.73. The van der Waals surface area contributed by atoms with Crippen LogP contribution in [0, 0.1) is 0 Å². The molecule has 0 aromatic heterocycles. The third kappa shape index (κ3) is 37.0. The van der Waals surface area contributed by atoms with Gasteiger partial charge in [-0.05, 0) is 0 Å². The minimum absolute atomic E-state index is 0.194. The summed E-state index contributed by atoms with van der Waals surface area (Å²) in [6.07, 6.45) is 0. The fraction of sp³-hybridized carbons (Fsp3) is 0. The molecule has 3 aromatic carbocycles. The predicted octanol–water partition coefficient (Wildman–Crippen LogP) is 8.91. The second kappa shape index (κ2) is 32.8. The van der Waals surface area contributed by atoms with Gasteiger partial charge in [0, 0.05) is 0 Å². The summed E-state index contributed by atoms with van der Waals surface area (Å²) < 4.78 is 0. The van der Waals surface area contributed by atoms with Crippen molar-refractivity contribution in [3.63, 3.8) is 0 Å². The van der Waals surface area contributed by atoms with Crippen LogP contribution in [0.25, 0.3) is 0 Å². The maximum atomic E-state index is 4.81. The van der Waals surface area contributed by atoms with E-state index < -0.39 is 0 Å². The molecule has 0 bridgehead atoms. The zero-order chi connectivity index (χ0) is 23.5. The second-order valence-corrected chi connectivity index (χ2v) is 11.0. The molecule has 0 saturated carbocycles. The van der Waals surface area contributed by atoms with Crippen LogP contribution in [0.2, 0.25) is 0 Å². The Bertz CT molecular complexity index is 565. The van der Waals surface area contributed by atoms with E-state index in [-0.39, 0.29) is 39.4 Å². The minimum Gasteiger partial charge on any atom is -0.780 e. The molecule has 12 heteroatoms. The predicted molar refractivity (Wildman–Crippen MR) is 131 cm³/mol. The normalized spacial score (nSPS) is 8.20. The zero-order valence-corrected chi connectivity index (χ0v) is 25.0. The quantitative estimate of drug-likeness (QED) is 0.169. The van der Waals surface area contributed by atoms with Crippen molar-refractivity contribution >= 4 is 98.5 Å². The van der Waals surface area contributed by atoms with E-state index in [1.807, 2.05) is 91.0 Å². The molecule has 0 heterocycles. The SMILES string of the molecule is [Cl][Fe-][Cl].[Cl][Fe-][Cl].[Cl][Fe-][Cl].[S-]c1ccccc1.[S-]c1ccccc1.[S-]c1ccccc1. The van der Waals surface area contributed by atoms with Crippen LogP contribution >= 0.6 is 60.6 Å². The maximum absolute atomic E-state index is 4.81. The first kappa shape index (κ1) is 36.2. The second-order valence-electron chi connectivity index (χ2n) is 4.09. The molecular weight excluding hydrogens is 693 g/mol. The number of benzene rings is 3. The molecule has 0 unspecified atom stereocenters. The summed E-state index contributed by atoms with van der Waals surface area (Å²) in [7, 11) is 28.6. The first-order valence-corrected chi connectivity index (χ1v) is 17.5. The van der Waals surface area contributed by atoms with Gasteiger partial charge in [-0.2, -0.15) is 14.7 Å². The van der Waals surface area contributed by atoms with E-state index in [9.17, 15) is 0 Å². The van der Waals surface area contributed by atoms with Crippen LogP contribution in [0.3, 0.4) is 0 Å². The van der Waals surface area contributed by atoms with Crippen molar-refractivity contribution in [2.24, 2.45) is 0 Å². The zero-order valence-electron chi connectivity index (χ0n) is 14.7. The van der Waals surface area contributed by atoms with E-state index in [1.165, 1.54) is 0 Å². The molecule has 177 valence electrons. The van der Waals surface area contributed by atoms with Crippen LogP contribution in [-0.2, 0) is 77.3 Å². The molecule has 0 spiro atoms. The van der Waals surface area contributed by atoms with Gasteiger partial charge >= 0.3 is 100.0 Å². The number of hydrogen-bond acceptors (Lipinski definition) is 3. The van der Waals surface area contributed by atoms with Gasteiger partial charge in [-0.1, -0.05) is 91.0 Å². The topological polar surface area (TPSA) is 0 Å². The van der Waals surface area contributed by atoms with E-state index in [2.05, 4.69) is 0 Å². The third-order valence-electron chi connectivity index (χ3n) is 2.23. The summed E-state index contributed by atoms with van der Waals surface area (Å²) in [5, 5.41) is 0. The van der Waals surface area contributed by atoms with Crippen molar-refractivity contribution in [3.8, 4) is 0 Å². The Morgan fingerprint density at radius 1 is 0.367 bits per heavy atom. The van der Waals surface area contributed by atoms with Gasteiger partial charge in [0.1, 0.15) is 0 Å². The Kier molecular flexibility index (Phi) is 39.6. The number of hydrogen-bond donors (Lipinski definition) is 0. The molecule has 0 nitrogen and oxygen atoms in total. The van der Waals surface area contributed by atoms with Crippen molar-refractivity contribution in [3.05, 3.63) is 91.0 Å². The molecule has 3 rings (SSSR count). The third-order valence-corrected chi connectivity index (χ3v) is 3.05. The molecule has 0 saturated heterocycles. The first-order chi connectivity index (χ1) is 14.4. The van der Waals surface area contributed by atoms with Gasteiger partial charge in [-0.15, -0.1) is 0 Å². The molecule has 0 aliphatic rings. The molecule has 0 amide bonds. The van der Waals surface area contributed by atoms with Crippen molar-refractivity contribution in [1.82, 2.24) is 0 Å². The summed E-state index contributed by atoms with van der Waals surface area (Å²) >= 11 is 15.0. The molecule has 0 fully saturated rings. The summed E-state index contributed by atoms with van der Waals surface area (Å²) in [4.78, 5) is 2.72. The van der Waals surface area contributed by atoms with Gasteiger partial charge < -0.3 is 37.9 Å². The smallest absolute Gasteiger partial charge is 0.0624 e. The Morgan fingerprint density at radius 2 is 0.500 bits per heavy atom. The van der Waals surface area contributed by atoms with Gasteiger partial charge in [-0.3, -0.25) is 0 Å². The van der Waals surface area contributed by atoms with E-state index in [4.69, 9.17) is 98.5 Å². The Hall–Kier alpha value is 1.62. The Labute approximate surface area is 240 Å². The van der Waals surface area contributed by atoms with Crippen molar-refractivity contribution < 1.29 is 39.4 Å². The summed E-state index contributed by atoms with van der Waals surface area (Å²) in [6.45, 7) is 0. The molecule has 0 radical (unpaired) electrons. The van der Waals surface area contributed by atoms with E-state index in [0.29, 0.717) is 0 Å². The molecule has 0 N–H and O–H groups in total. The maximum Gasteiger partial charge on any atom is -0.0624 e. The van der Waals surface area contributed by atoms with Gasteiger partial charge in [0.2, 0.25) is 0 Å². The standard InChI is InChI=1S/3C6H6S.6ClH.3Fe/c3*7-6-4-2-1-3-5-6;;;;;;;;;/h3*1-5,7H;6*1H;;;/q;;;;;;;;;3*+1/p-9. The first-order valence-electron chi connectivity index (χ1n) is 7.15. The number of rotatable bonds is 0. The Morgan fingerprint density at radius 3 is 0.567 bits per heavy atom. The fourth-order valence-electron chi connectivity index (χ4n) is 1.26. The molecule has 0 aliphatic carbocycles. The molecule has 0 aliphatic heterocycles. The fourth-order valence-corrected chi connectivity index (χ4v) is 1.73. The number of halogens is 6. The molecule has 0 atom stereocenters. The van der Waals surface area contributed by atoms with Crippen LogP contribution in [0.5, 0.6) is 0 Å². The van der Waals surface area contributed by atoms with Crippen LogP contribution in [0.1, 0.15) is 0 Å². The van der Waals surface area contributed by atoms with Gasteiger partial charge in [0.15, 0.2) is 0 Å². The van der Waals surface area contributed by atoms with E-state index in [1.54, 1.807) is 0 Å². The van der Waals surface area contributed by atoms with Crippen LogP contribution in [0.4, 0.5) is 0 Å². The van der Waals surface area contributed by atoms with Crippen molar-refractivity contribution in [2.45, 2.75) is 14.7 Å². The molecular formula is C18H15Cl6Fe3S3-6. The molecule has 30 heavy (non-hydrogen) atoms. The van der Waals surface area contributed by atoms with Crippen molar-refractivity contribution in [2.75, 3.05) is 0 Å². The van der Waals surface area contributed by atoms with Crippen LogP contribution in [-0.4, -0.2) is 0 Å². The van der Waals surface area contributed by atoms with E-state index >= 15 is 0 Å². The summed E-state index contributed by atoms with van der Waals surface area (Å²) in [6, 6.07) is 28.8.